The monoisotopic (exact) mass is 422 g/mol. The van der Waals surface area contributed by atoms with Gasteiger partial charge in [-0.05, 0) is 35.7 Å². The van der Waals surface area contributed by atoms with Gasteiger partial charge >= 0.3 is 0 Å². The van der Waals surface area contributed by atoms with E-state index in [9.17, 15) is 4.79 Å². The van der Waals surface area contributed by atoms with Gasteiger partial charge in [-0.15, -0.1) is 16.8 Å². The Balaban J connectivity index is 1.69. The van der Waals surface area contributed by atoms with Crippen LogP contribution < -0.4 is 4.74 Å². The molecule has 0 fully saturated rings. The predicted molar refractivity (Wildman–Crippen MR) is 120 cm³/mol. The topological polar surface area (TPSA) is 60.2 Å². The molecule has 0 bridgehead atoms. The van der Waals surface area contributed by atoms with Gasteiger partial charge in [0.1, 0.15) is 12.1 Å². The summed E-state index contributed by atoms with van der Waals surface area (Å²) in [5, 5.41) is 8.98. The minimum absolute atomic E-state index is 0.0223. The average molecular weight is 423 g/mol. The van der Waals surface area contributed by atoms with Gasteiger partial charge in [0.25, 0.3) is 0 Å². The quantitative estimate of drug-likeness (QED) is 0.363. The van der Waals surface area contributed by atoms with Crippen LogP contribution in [0.25, 0.3) is 5.69 Å². The van der Waals surface area contributed by atoms with E-state index < -0.39 is 0 Å². The molecular formula is C23H26N4O2S. The minimum Gasteiger partial charge on any atom is -0.497 e. The number of carbonyl (C=O) groups is 1. The van der Waals surface area contributed by atoms with Gasteiger partial charge in [-0.2, -0.15) is 0 Å². The van der Waals surface area contributed by atoms with E-state index in [1.165, 1.54) is 17.3 Å². The SMILES string of the molecule is C=CCN(Cc1ccc(OC)cc1)C(=O)CSc1nncn1-c1ccccc1CC. The van der Waals surface area contributed by atoms with Crippen LogP contribution in [0, 0.1) is 0 Å². The lowest BCUT2D eigenvalue weighted by atomic mass is 10.1. The summed E-state index contributed by atoms with van der Waals surface area (Å²) in [6.45, 7) is 6.90. The second-order valence-electron chi connectivity index (χ2n) is 6.67. The molecule has 7 heteroatoms. The molecular weight excluding hydrogens is 396 g/mol. The molecule has 3 rings (SSSR count). The maximum Gasteiger partial charge on any atom is 0.233 e. The highest BCUT2D eigenvalue weighted by molar-refractivity contribution is 7.99. The van der Waals surface area contributed by atoms with Crippen LogP contribution in [-0.4, -0.2) is 45.0 Å². The third kappa shape index (κ3) is 5.30. The maximum atomic E-state index is 12.9. The number of benzene rings is 2. The highest BCUT2D eigenvalue weighted by atomic mass is 32.2. The Morgan fingerprint density at radius 3 is 2.70 bits per heavy atom. The van der Waals surface area contributed by atoms with E-state index in [1.807, 2.05) is 47.0 Å². The minimum atomic E-state index is 0.0223. The average Bonchev–Trinajstić information content (AvgIpc) is 3.26. The lowest BCUT2D eigenvalue weighted by molar-refractivity contribution is -0.128. The van der Waals surface area contributed by atoms with E-state index in [2.05, 4.69) is 29.8 Å². The van der Waals surface area contributed by atoms with Crippen LogP contribution in [0.4, 0.5) is 0 Å². The fraction of sp³-hybridized carbons (Fsp3) is 0.261. The van der Waals surface area contributed by atoms with Crippen LogP contribution >= 0.6 is 11.8 Å². The van der Waals surface area contributed by atoms with Crippen molar-refractivity contribution in [1.29, 1.82) is 0 Å². The summed E-state index contributed by atoms with van der Waals surface area (Å²) in [5.41, 5.74) is 3.29. The Morgan fingerprint density at radius 1 is 1.23 bits per heavy atom. The van der Waals surface area contributed by atoms with Crippen LogP contribution in [-0.2, 0) is 17.8 Å². The number of aryl methyl sites for hydroxylation is 1. The van der Waals surface area contributed by atoms with Crippen molar-refractivity contribution >= 4 is 17.7 Å². The smallest absolute Gasteiger partial charge is 0.233 e. The summed E-state index contributed by atoms with van der Waals surface area (Å²) in [6.07, 6.45) is 4.35. The predicted octanol–water partition coefficient (Wildman–Crippen LogP) is 4.15. The van der Waals surface area contributed by atoms with Gasteiger partial charge in [-0.3, -0.25) is 9.36 Å². The molecule has 3 aromatic rings. The number of carbonyl (C=O) groups excluding carboxylic acids is 1. The first-order valence-corrected chi connectivity index (χ1v) is 10.8. The van der Waals surface area contributed by atoms with Crippen LogP contribution in [0.1, 0.15) is 18.1 Å². The number of amides is 1. The Morgan fingerprint density at radius 2 is 2.00 bits per heavy atom. The van der Waals surface area contributed by atoms with E-state index in [0.29, 0.717) is 18.2 Å². The molecule has 0 saturated carbocycles. The zero-order valence-electron chi connectivity index (χ0n) is 17.3. The van der Waals surface area contributed by atoms with Crippen LogP contribution in [0.2, 0.25) is 0 Å². The summed E-state index contributed by atoms with van der Waals surface area (Å²) in [6, 6.07) is 15.9. The number of hydrogen-bond donors (Lipinski definition) is 0. The molecule has 0 aliphatic rings. The first-order chi connectivity index (χ1) is 14.7. The van der Waals surface area contributed by atoms with E-state index in [4.69, 9.17) is 4.74 Å². The Bertz CT molecular complexity index is 985. The number of rotatable bonds is 10. The fourth-order valence-corrected chi connectivity index (χ4v) is 3.94. The normalized spacial score (nSPS) is 10.6. The number of thioether (sulfide) groups is 1. The van der Waals surface area contributed by atoms with Crippen LogP contribution in [0.15, 0.2) is 72.7 Å². The zero-order valence-corrected chi connectivity index (χ0v) is 18.1. The van der Waals surface area contributed by atoms with Crippen molar-refractivity contribution in [3.05, 3.63) is 78.6 Å². The summed E-state index contributed by atoms with van der Waals surface area (Å²) < 4.78 is 7.14. The zero-order chi connectivity index (χ0) is 21.3. The number of nitrogens with zero attached hydrogens (tertiary/aromatic N) is 4. The second-order valence-corrected chi connectivity index (χ2v) is 7.61. The molecule has 6 nitrogen and oxygen atoms in total. The molecule has 0 radical (unpaired) electrons. The number of methoxy groups -OCH3 is 1. The molecule has 156 valence electrons. The van der Waals surface area contributed by atoms with E-state index in [-0.39, 0.29) is 11.7 Å². The molecule has 0 N–H and O–H groups in total. The summed E-state index contributed by atoms with van der Waals surface area (Å²) in [5.74, 6) is 1.09. The molecule has 1 aromatic heterocycles. The van der Waals surface area contributed by atoms with Gasteiger partial charge in [0.15, 0.2) is 5.16 Å². The van der Waals surface area contributed by atoms with Crippen molar-refractivity contribution in [3.63, 3.8) is 0 Å². The lowest BCUT2D eigenvalue weighted by Crippen LogP contribution is -2.32. The van der Waals surface area contributed by atoms with Crippen molar-refractivity contribution in [3.8, 4) is 11.4 Å². The van der Waals surface area contributed by atoms with Gasteiger partial charge in [-0.1, -0.05) is 55.1 Å². The first kappa shape index (κ1) is 21.6. The molecule has 0 spiro atoms. The molecule has 2 aromatic carbocycles. The first-order valence-electron chi connectivity index (χ1n) is 9.79. The van der Waals surface area contributed by atoms with Crippen molar-refractivity contribution in [2.45, 2.75) is 25.0 Å². The van der Waals surface area contributed by atoms with Crippen molar-refractivity contribution in [2.75, 3.05) is 19.4 Å². The Labute approximate surface area is 181 Å². The van der Waals surface area contributed by atoms with Crippen molar-refractivity contribution in [2.24, 2.45) is 0 Å². The number of para-hydroxylation sites is 1. The van der Waals surface area contributed by atoms with Gasteiger partial charge in [-0.25, -0.2) is 0 Å². The number of ether oxygens (including phenoxy) is 1. The summed E-state index contributed by atoms with van der Waals surface area (Å²) >= 11 is 1.39. The van der Waals surface area contributed by atoms with Gasteiger partial charge in [0.05, 0.1) is 18.6 Å². The van der Waals surface area contributed by atoms with Gasteiger partial charge in [0, 0.05) is 13.1 Å². The molecule has 30 heavy (non-hydrogen) atoms. The Hall–Kier alpha value is -3.06. The van der Waals surface area contributed by atoms with Crippen molar-refractivity contribution in [1.82, 2.24) is 19.7 Å². The van der Waals surface area contributed by atoms with E-state index in [1.54, 1.807) is 24.4 Å². The van der Waals surface area contributed by atoms with E-state index in [0.717, 1.165) is 23.4 Å². The van der Waals surface area contributed by atoms with Crippen molar-refractivity contribution < 1.29 is 9.53 Å². The number of hydrogen-bond acceptors (Lipinski definition) is 5. The number of aromatic nitrogens is 3. The lowest BCUT2D eigenvalue weighted by Gasteiger charge is -2.21. The molecule has 0 unspecified atom stereocenters. The third-order valence-electron chi connectivity index (χ3n) is 4.71. The molecule has 0 aliphatic carbocycles. The highest BCUT2D eigenvalue weighted by Crippen LogP contribution is 2.23. The second kappa shape index (κ2) is 10.6. The van der Waals surface area contributed by atoms with Crippen LogP contribution in [0.3, 0.4) is 0 Å². The van der Waals surface area contributed by atoms with Gasteiger partial charge in [0.2, 0.25) is 5.91 Å². The molecule has 1 heterocycles. The fourth-order valence-electron chi connectivity index (χ4n) is 3.11. The summed E-state index contributed by atoms with van der Waals surface area (Å²) in [4.78, 5) is 14.7. The molecule has 0 aliphatic heterocycles. The highest BCUT2D eigenvalue weighted by Gasteiger charge is 2.16. The Kier molecular flexibility index (Phi) is 7.68. The maximum absolute atomic E-state index is 12.9. The molecule has 0 saturated heterocycles. The largest absolute Gasteiger partial charge is 0.497 e. The van der Waals surface area contributed by atoms with E-state index >= 15 is 0 Å². The molecule has 1 amide bonds. The standard InChI is InChI=1S/C23H26N4O2S/c1-4-14-26(15-18-10-12-20(29-3)13-11-18)22(28)16-30-23-25-24-17-27(23)21-9-7-6-8-19(21)5-2/h4,6-13,17H,1,5,14-16H2,2-3H3. The summed E-state index contributed by atoms with van der Waals surface area (Å²) in [7, 11) is 1.64. The van der Waals surface area contributed by atoms with Gasteiger partial charge < -0.3 is 9.64 Å². The molecule has 0 atom stereocenters. The third-order valence-corrected chi connectivity index (χ3v) is 5.64. The van der Waals surface area contributed by atoms with Crippen LogP contribution in [0.5, 0.6) is 5.75 Å².